The maximum Gasteiger partial charge on any atom is 0.194 e. The molecule has 0 aliphatic carbocycles. The topological polar surface area (TPSA) is 65.7 Å². The van der Waals surface area contributed by atoms with E-state index in [0.29, 0.717) is 5.56 Å². The fourth-order valence-electron chi connectivity index (χ4n) is 2.03. The summed E-state index contributed by atoms with van der Waals surface area (Å²) >= 11 is 0. The van der Waals surface area contributed by atoms with Crippen LogP contribution in [0.3, 0.4) is 0 Å². The quantitative estimate of drug-likeness (QED) is 0.697. The molecule has 2 N–H and O–H groups in total. The molecule has 4 heteroatoms. The Morgan fingerprint density at radius 2 is 1.75 bits per heavy atom. The van der Waals surface area contributed by atoms with E-state index in [1.54, 1.807) is 18.3 Å². The molecular weight excluding hydrogens is 252 g/mol. The second kappa shape index (κ2) is 5.01. The number of fused-ring (bicyclic) bond motifs is 1. The molecule has 0 saturated carbocycles. The van der Waals surface area contributed by atoms with E-state index in [-0.39, 0.29) is 17.3 Å². The number of phenolic OH excluding ortho intramolecular Hbond substituents is 1. The number of benzene rings is 2. The molecule has 1 heterocycles. The van der Waals surface area contributed by atoms with E-state index in [0.717, 1.165) is 10.8 Å². The SMILES string of the molecule is Oc1cccnc1/N=C/c1c(O)ccc2ccccc12. The summed E-state index contributed by atoms with van der Waals surface area (Å²) < 4.78 is 0. The Hall–Kier alpha value is -2.88. The average molecular weight is 264 g/mol. The van der Waals surface area contributed by atoms with Gasteiger partial charge in [-0.1, -0.05) is 30.3 Å². The van der Waals surface area contributed by atoms with Crippen molar-refractivity contribution >= 4 is 22.8 Å². The lowest BCUT2D eigenvalue weighted by Gasteiger charge is -2.04. The van der Waals surface area contributed by atoms with Gasteiger partial charge in [0.15, 0.2) is 11.6 Å². The third-order valence-corrected chi connectivity index (χ3v) is 3.03. The monoisotopic (exact) mass is 264 g/mol. The molecule has 4 nitrogen and oxygen atoms in total. The van der Waals surface area contributed by atoms with E-state index >= 15 is 0 Å². The van der Waals surface area contributed by atoms with Gasteiger partial charge in [0.2, 0.25) is 0 Å². The van der Waals surface area contributed by atoms with E-state index < -0.39 is 0 Å². The van der Waals surface area contributed by atoms with Crippen molar-refractivity contribution in [2.75, 3.05) is 0 Å². The van der Waals surface area contributed by atoms with Crippen molar-refractivity contribution in [2.45, 2.75) is 0 Å². The van der Waals surface area contributed by atoms with Gasteiger partial charge in [0.1, 0.15) is 5.75 Å². The molecular formula is C16H12N2O2. The zero-order chi connectivity index (χ0) is 13.9. The van der Waals surface area contributed by atoms with Crippen LogP contribution in [-0.4, -0.2) is 21.4 Å². The molecule has 2 aromatic carbocycles. The van der Waals surface area contributed by atoms with Crippen molar-refractivity contribution in [1.29, 1.82) is 0 Å². The molecule has 98 valence electrons. The number of rotatable bonds is 2. The first kappa shape index (κ1) is 12.2. The van der Waals surface area contributed by atoms with Gasteiger partial charge in [-0.25, -0.2) is 9.98 Å². The summed E-state index contributed by atoms with van der Waals surface area (Å²) in [5, 5.41) is 21.5. The predicted molar refractivity (Wildman–Crippen MR) is 78.8 cm³/mol. The minimum atomic E-state index is 0.00322. The summed E-state index contributed by atoms with van der Waals surface area (Å²) in [5.74, 6) is 0.367. The third-order valence-electron chi connectivity index (χ3n) is 3.03. The maximum atomic E-state index is 9.98. The summed E-state index contributed by atoms with van der Waals surface area (Å²) in [6, 6.07) is 14.3. The van der Waals surface area contributed by atoms with E-state index in [9.17, 15) is 10.2 Å². The number of aromatic nitrogens is 1. The fraction of sp³-hybridized carbons (Fsp3) is 0. The highest BCUT2D eigenvalue weighted by molar-refractivity contribution is 6.02. The molecule has 0 spiro atoms. The molecule has 1 aromatic heterocycles. The molecule has 0 amide bonds. The summed E-state index contributed by atoms with van der Waals surface area (Å²) in [5.41, 5.74) is 0.605. The Kier molecular flexibility index (Phi) is 3.05. The highest BCUT2D eigenvalue weighted by Gasteiger charge is 2.05. The van der Waals surface area contributed by atoms with Gasteiger partial charge in [-0.15, -0.1) is 0 Å². The normalized spacial score (nSPS) is 11.2. The average Bonchev–Trinajstić information content (AvgIpc) is 2.48. The Labute approximate surface area is 115 Å². The zero-order valence-corrected chi connectivity index (χ0v) is 10.6. The number of aliphatic imine (C=N–C) groups is 1. The molecule has 20 heavy (non-hydrogen) atoms. The van der Waals surface area contributed by atoms with Crippen molar-refractivity contribution in [3.05, 3.63) is 60.3 Å². The molecule has 3 aromatic rings. The second-order valence-electron chi connectivity index (χ2n) is 4.32. The standard InChI is InChI=1S/C16H12N2O2/c19-14-8-7-11-4-1-2-5-12(11)13(14)10-18-16-15(20)6-3-9-17-16/h1-10,19-20H/b18-10+. The largest absolute Gasteiger partial charge is 0.507 e. The van der Waals surface area contributed by atoms with E-state index in [1.165, 1.54) is 12.3 Å². The fourth-order valence-corrected chi connectivity index (χ4v) is 2.03. The molecule has 0 fully saturated rings. The van der Waals surface area contributed by atoms with Crippen LogP contribution in [0.1, 0.15) is 5.56 Å². The van der Waals surface area contributed by atoms with Crippen molar-refractivity contribution < 1.29 is 10.2 Å². The summed E-state index contributed by atoms with van der Waals surface area (Å²) in [6.07, 6.45) is 3.06. The summed E-state index contributed by atoms with van der Waals surface area (Å²) in [7, 11) is 0. The highest BCUT2D eigenvalue weighted by atomic mass is 16.3. The van der Waals surface area contributed by atoms with Gasteiger partial charge >= 0.3 is 0 Å². The van der Waals surface area contributed by atoms with Crippen LogP contribution < -0.4 is 0 Å². The van der Waals surface area contributed by atoms with Crippen LogP contribution in [0.15, 0.2) is 59.7 Å². The lowest BCUT2D eigenvalue weighted by Crippen LogP contribution is -1.86. The number of phenols is 1. The van der Waals surface area contributed by atoms with Crippen LogP contribution in [0.5, 0.6) is 11.5 Å². The van der Waals surface area contributed by atoms with Gasteiger partial charge in [-0.2, -0.15) is 0 Å². The number of hydrogen-bond acceptors (Lipinski definition) is 4. The highest BCUT2D eigenvalue weighted by Crippen LogP contribution is 2.27. The second-order valence-corrected chi connectivity index (χ2v) is 4.32. The van der Waals surface area contributed by atoms with Gasteiger partial charge in [0, 0.05) is 18.0 Å². The van der Waals surface area contributed by atoms with Crippen LogP contribution >= 0.6 is 0 Å². The first-order valence-corrected chi connectivity index (χ1v) is 6.14. The maximum absolute atomic E-state index is 9.98. The third kappa shape index (κ3) is 2.19. The molecule has 0 aliphatic heterocycles. The number of hydrogen-bond donors (Lipinski definition) is 2. The molecule has 0 aliphatic rings. The van der Waals surface area contributed by atoms with Crippen LogP contribution in [0.4, 0.5) is 5.82 Å². The van der Waals surface area contributed by atoms with Crippen molar-refractivity contribution in [3.63, 3.8) is 0 Å². The van der Waals surface area contributed by atoms with Crippen LogP contribution in [0.25, 0.3) is 10.8 Å². The molecule has 3 rings (SSSR count). The molecule has 0 radical (unpaired) electrons. The Balaban J connectivity index is 2.11. The number of aromatic hydroxyl groups is 2. The Morgan fingerprint density at radius 1 is 0.900 bits per heavy atom. The number of pyridine rings is 1. The van der Waals surface area contributed by atoms with E-state index in [2.05, 4.69) is 9.98 Å². The van der Waals surface area contributed by atoms with Gasteiger partial charge in [-0.05, 0) is 29.0 Å². The molecule has 0 atom stereocenters. The van der Waals surface area contributed by atoms with Crippen molar-refractivity contribution in [1.82, 2.24) is 4.98 Å². The zero-order valence-electron chi connectivity index (χ0n) is 10.6. The smallest absolute Gasteiger partial charge is 0.194 e. The van der Waals surface area contributed by atoms with E-state index in [4.69, 9.17) is 0 Å². The predicted octanol–water partition coefficient (Wildman–Crippen LogP) is 3.40. The summed E-state index contributed by atoms with van der Waals surface area (Å²) in [6.45, 7) is 0. The van der Waals surface area contributed by atoms with Crippen LogP contribution in [-0.2, 0) is 0 Å². The van der Waals surface area contributed by atoms with Gasteiger partial charge in [0.05, 0.1) is 0 Å². The Bertz CT molecular complexity index is 797. The van der Waals surface area contributed by atoms with Gasteiger partial charge < -0.3 is 10.2 Å². The molecule has 0 unspecified atom stereocenters. The van der Waals surface area contributed by atoms with Crippen molar-refractivity contribution in [2.24, 2.45) is 4.99 Å². The lowest BCUT2D eigenvalue weighted by molar-refractivity contribution is 0.473. The van der Waals surface area contributed by atoms with E-state index in [1.807, 2.05) is 30.3 Å². The van der Waals surface area contributed by atoms with Crippen molar-refractivity contribution in [3.8, 4) is 11.5 Å². The molecule has 0 bridgehead atoms. The Morgan fingerprint density at radius 3 is 2.60 bits per heavy atom. The minimum Gasteiger partial charge on any atom is -0.507 e. The minimum absolute atomic E-state index is 0.00322. The molecule has 0 saturated heterocycles. The summed E-state index contributed by atoms with van der Waals surface area (Å²) in [4.78, 5) is 8.11. The number of nitrogens with zero attached hydrogens (tertiary/aromatic N) is 2. The lowest BCUT2D eigenvalue weighted by atomic mass is 10.0. The van der Waals surface area contributed by atoms with Gasteiger partial charge in [0.25, 0.3) is 0 Å². The van der Waals surface area contributed by atoms with Gasteiger partial charge in [-0.3, -0.25) is 0 Å². The van der Waals surface area contributed by atoms with Crippen LogP contribution in [0.2, 0.25) is 0 Å². The van der Waals surface area contributed by atoms with Crippen LogP contribution in [0, 0.1) is 0 Å². The first-order valence-electron chi connectivity index (χ1n) is 6.14. The first-order chi connectivity index (χ1) is 9.75.